The average molecular weight is 178 g/mol. The van der Waals surface area contributed by atoms with Crippen LogP contribution in [0.25, 0.3) is 0 Å². The maximum absolute atomic E-state index is 10.5. The van der Waals surface area contributed by atoms with Gasteiger partial charge in [0.05, 0.1) is 0 Å². The van der Waals surface area contributed by atoms with Gasteiger partial charge in [0, 0.05) is 11.6 Å². The van der Waals surface area contributed by atoms with Crippen LogP contribution in [0.3, 0.4) is 0 Å². The molecule has 3 nitrogen and oxygen atoms in total. The summed E-state index contributed by atoms with van der Waals surface area (Å²) in [4.78, 5) is 10.5. The van der Waals surface area contributed by atoms with E-state index in [1.807, 2.05) is 0 Å². The fraction of sp³-hybridized carbons (Fsp3) is 0.571. The highest BCUT2D eigenvalue weighted by molar-refractivity contribution is 6.29. The fourth-order valence-electron chi connectivity index (χ4n) is 0.392. The third-order valence-corrected chi connectivity index (χ3v) is 1.39. The van der Waals surface area contributed by atoms with Gasteiger partial charge in [-0.05, 0) is 13.8 Å². The Bertz CT molecular complexity index is 177. The largest absolute Gasteiger partial charge is 0.480 e. The smallest absolute Gasteiger partial charge is 0.323 e. The van der Waals surface area contributed by atoms with Gasteiger partial charge in [-0.25, -0.2) is 0 Å². The molecule has 0 amide bonds. The predicted octanol–water partition coefficient (Wildman–Crippen LogP) is 1.19. The molecule has 0 aromatic carbocycles. The van der Waals surface area contributed by atoms with Crippen LogP contribution in [0, 0.1) is 0 Å². The van der Waals surface area contributed by atoms with Crippen molar-refractivity contribution in [3.05, 3.63) is 11.6 Å². The first-order chi connectivity index (χ1) is 4.86. The summed E-state index contributed by atoms with van der Waals surface area (Å²) in [6.07, 6.45) is 0. The van der Waals surface area contributed by atoms with Crippen LogP contribution in [0.15, 0.2) is 11.6 Å². The van der Waals surface area contributed by atoms with Crippen LogP contribution in [0.5, 0.6) is 0 Å². The molecule has 0 aromatic heterocycles. The van der Waals surface area contributed by atoms with E-state index in [9.17, 15) is 4.79 Å². The molecule has 0 aliphatic carbocycles. The van der Waals surface area contributed by atoms with Gasteiger partial charge in [0.25, 0.3) is 0 Å². The third kappa shape index (κ3) is 4.01. The van der Waals surface area contributed by atoms with E-state index in [0.29, 0.717) is 11.6 Å². The molecule has 2 N–H and O–H groups in total. The van der Waals surface area contributed by atoms with Gasteiger partial charge in [-0.15, -0.1) is 0 Å². The summed E-state index contributed by atoms with van der Waals surface area (Å²) in [5, 5.41) is 11.7. The highest BCUT2D eigenvalue weighted by Gasteiger charge is 2.25. The summed E-state index contributed by atoms with van der Waals surface area (Å²) >= 11 is 5.44. The lowest BCUT2D eigenvalue weighted by Gasteiger charge is -2.20. The van der Waals surface area contributed by atoms with E-state index in [0.717, 1.165) is 0 Å². The zero-order valence-electron chi connectivity index (χ0n) is 6.65. The maximum Gasteiger partial charge on any atom is 0.323 e. The molecule has 0 saturated carbocycles. The van der Waals surface area contributed by atoms with Crippen LogP contribution in [0.2, 0.25) is 0 Å². The quantitative estimate of drug-likeness (QED) is 0.679. The van der Waals surface area contributed by atoms with E-state index >= 15 is 0 Å². The molecule has 11 heavy (non-hydrogen) atoms. The second-order valence-corrected chi connectivity index (χ2v) is 3.34. The predicted molar refractivity (Wildman–Crippen MR) is 44.7 cm³/mol. The summed E-state index contributed by atoms with van der Waals surface area (Å²) in [5.74, 6) is -0.907. The number of hydrogen-bond acceptors (Lipinski definition) is 2. The number of nitrogens with one attached hydrogen (secondary N) is 1. The molecule has 4 heteroatoms. The molecule has 0 atom stereocenters. The van der Waals surface area contributed by atoms with Crippen LogP contribution in [-0.2, 0) is 4.79 Å². The van der Waals surface area contributed by atoms with Gasteiger partial charge < -0.3 is 5.11 Å². The number of rotatable bonds is 4. The molecule has 0 saturated heterocycles. The van der Waals surface area contributed by atoms with Crippen molar-refractivity contribution >= 4 is 17.6 Å². The van der Waals surface area contributed by atoms with Gasteiger partial charge in [0.15, 0.2) is 0 Å². The summed E-state index contributed by atoms with van der Waals surface area (Å²) in [6.45, 7) is 6.86. The van der Waals surface area contributed by atoms with Crippen molar-refractivity contribution in [2.45, 2.75) is 19.4 Å². The second kappa shape index (κ2) is 3.74. The van der Waals surface area contributed by atoms with Crippen LogP contribution in [0.1, 0.15) is 13.8 Å². The SMILES string of the molecule is C=C(Cl)CNC(C)(C)C(=O)O. The van der Waals surface area contributed by atoms with E-state index in [4.69, 9.17) is 16.7 Å². The minimum absolute atomic E-state index is 0.306. The molecule has 0 aliphatic rings. The van der Waals surface area contributed by atoms with Crippen LogP contribution in [-0.4, -0.2) is 23.2 Å². The van der Waals surface area contributed by atoms with E-state index in [2.05, 4.69) is 11.9 Å². The number of hydrogen-bond donors (Lipinski definition) is 2. The highest BCUT2D eigenvalue weighted by Crippen LogP contribution is 2.03. The zero-order chi connectivity index (χ0) is 9.07. The first-order valence-corrected chi connectivity index (χ1v) is 3.56. The van der Waals surface area contributed by atoms with E-state index in [1.165, 1.54) is 0 Å². The molecule has 0 spiro atoms. The Morgan fingerprint density at radius 1 is 1.73 bits per heavy atom. The van der Waals surface area contributed by atoms with Crippen molar-refractivity contribution < 1.29 is 9.90 Å². The van der Waals surface area contributed by atoms with Crippen molar-refractivity contribution in [2.75, 3.05) is 6.54 Å². The summed E-state index contributed by atoms with van der Waals surface area (Å²) < 4.78 is 0. The number of carboxylic acids is 1. The molecule has 0 fully saturated rings. The molecular formula is C7H12ClNO2. The van der Waals surface area contributed by atoms with E-state index in [1.54, 1.807) is 13.8 Å². The topological polar surface area (TPSA) is 49.3 Å². The standard InChI is InChI=1S/C7H12ClNO2/c1-5(8)4-9-7(2,3)6(10)11/h9H,1,4H2,2-3H3,(H,10,11). The minimum atomic E-state index is -0.947. The van der Waals surface area contributed by atoms with E-state index in [-0.39, 0.29) is 0 Å². The molecular weight excluding hydrogens is 166 g/mol. The van der Waals surface area contributed by atoms with Crippen molar-refractivity contribution in [1.29, 1.82) is 0 Å². The molecule has 0 unspecified atom stereocenters. The molecule has 0 aromatic rings. The Balaban J connectivity index is 3.92. The normalized spacial score (nSPS) is 11.2. The highest BCUT2D eigenvalue weighted by atomic mass is 35.5. The zero-order valence-corrected chi connectivity index (χ0v) is 7.40. The lowest BCUT2D eigenvalue weighted by atomic mass is 10.1. The number of carboxylic acid groups (broad SMARTS) is 1. The molecule has 0 radical (unpaired) electrons. The third-order valence-electron chi connectivity index (χ3n) is 1.26. The minimum Gasteiger partial charge on any atom is -0.480 e. The first kappa shape index (κ1) is 10.5. The Hall–Kier alpha value is -0.540. The Morgan fingerprint density at radius 2 is 2.18 bits per heavy atom. The maximum atomic E-state index is 10.5. The summed E-state index contributed by atoms with van der Waals surface area (Å²) in [5.41, 5.74) is -0.947. The van der Waals surface area contributed by atoms with Gasteiger partial charge in [0.2, 0.25) is 0 Å². The Kier molecular flexibility index (Phi) is 3.55. The summed E-state index contributed by atoms with van der Waals surface area (Å²) in [7, 11) is 0. The Morgan fingerprint density at radius 3 is 2.45 bits per heavy atom. The Labute approximate surface area is 71.0 Å². The van der Waals surface area contributed by atoms with Crippen molar-refractivity contribution in [2.24, 2.45) is 0 Å². The number of halogens is 1. The van der Waals surface area contributed by atoms with Crippen LogP contribution < -0.4 is 5.32 Å². The lowest BCUT2D eigenvalue weighted by Crippen LogP contribution is -2.47. The van der Waals surface area contributed by atoms with Crippen molar-refractivity contribution in [3.8, 4) is 0 Å². The van der Waals surface area contributed by atoms with Crippen LogP contribution >= 0.6 is 11.6 Å². The number of aliphatic carboxylic acids is 1. The lowest BCUT2D eigenvalue weighted by molar-refractivity contribution is -0.143. The molecule has 0 bridgehead atoms. The monoisotopic (exact) mass is 177 g/mol. The molecule has 64 valence electrons. The summed E-state index contributed by atoms with van der Waals surface area (Å²) in [6, 6.07) is 0. The first-order valence-electron chi connectivity index (χ1n) is 3.18. The van der Waals surface area contributed by atoms with Crippen LogP contribution in [0.4, 0.5) is 0 Å². The van der Waals surface area contributed by atoms with Gasteiger partial charge in [0.1, 0.15) is 5.54 Å². The molecule has 0 aliphatic heterocycles. The van der Waals surface area contributed by atoms with Gasteiger partial charge in [-0.1, -0.05) is 18.2 Å². The van der Waals surface area contributed by atoms with Crippen molar-refractivity contribution in [3.63, 3.8) is 0 Å². The van der Waals surface area contributed by atoms with Crippen molar-refractivity contribution in [1.82, 2.24) is 5.32 Å². The number of carbonyl (C=O) groups is 1. The van der Waals surface area contributed by atoms with Gasteiger partial charge >= 0.3 is 5.97 Å². The second-order valence-electron chi connectivity index (χ2n) is 2.80. The average Bonchev–Trinajstić information content (AvgIpc) is 1.84. The van der Waals surface area contributed by atoms with E-state index < -0.39 is 11.5 Å². The molecule has 0 rings (SSSR count). The van der Waals surface area contributed by atoms with Gasteiger partial charge in [-0.3, -0.25) is 10.1 Å². The van der Waals surface area contributed by atoms with Gasteiger partial charge in [-0.2, -0.15) is 0 Å². The molecule has 0 heterocycles. The fourth-order valence-corrected chi connectivity index (χ4v) is 0.459.